The Kier molecular flexibility index (Phi) is 5.55. The minimum atomic E-state index is -0.900. The number of ether oxygens (including phenoxy) is 1. The summed E-state index contributed by atoms with van der Waals surface area (Å²) in [5.41, 5.74) is 3.37. The van der Waals surface area contributed by atoms with Crippen LogP contribution in [-0.4, -0.2) is 55.4 Å². The van der Waals surface area contributed by atoms with E-state index in [-0.39, 0.29) is 5.91 Å². The molecule has 1 aromatic carbocycles. The number of rotatable bonds is 5. The number of hydrogen-bond acceptors (Lipinski definition) is 5. The van der Waals surface area contributed by atoms with Crippen molar-refractivity contribution in [1.82, 2.24) is 10.6 Å². The molecule has 7 nitrogen and oxygen atoms in total. The van der Waals surface area contributed by atoms with Crippen molar-refractivity contribution in [1.29, 1.82) is 0 Å². The lowest BCUT2D eigenvalue weighted by Crippen LogP contribution is -2.44. The second-order valence-corrected chi connectivity index (χ2v) is 6.64. The van der Waals surface area contributed by atoms with Gasteiger partial charge in [-0.1, -0.05) is 12.1 Å². The van der Waals surface area contributed by atoms with Gasteiger partial charge in [-0.3, -0.25) is 14.9 Å². The fraction of sp³-hybridized carbons (Fsp3) is 0.556. The molecule has 2 atom stereocenters. The average Bonchev–Trinajstić information content (AvgIpc) is 3.11. The van der Waals surface area contributed by atoms with Gasteiger partial charge in [0.25, 0.3) is 0 Å². The van der Waals surface area contributed by atoms with E-state index in [9.17, 15) is 9.59 Å². The number of carbonyl (C=O) groups is 2. The van der Waals surface area contributed by atoms with Crippen LogP contribution in [0.4, 0.5) is 5.69 Å². The van der Waals surface area contributed by atoms with Crippen LogP contribution in [0.2, 0.25) is 0 Å². The predicted octanol–water partition coefficient (Wildman–Crippen LogP) is 0.653. The minimum Gasteiger partial charge on any atom is -0.480 e. The molecule has 2 heterocycles. The Bertz CT molecular complexity index is 643. The minimum absolute atomic E-state index is 0.141. The summed E-state index contributed by atoms with van der Waals surface area (Å²) in [6, 6.07) is 5.17. The summed E-state index contributed by atoms with van der Waals surface area (Å²) in [7, 11) is 0. The van der Waals surface area contributed by atoms with Gasteiger partial charge in [0, 0.05) is 25.3 Å². The lowest BCUT2D eigenvalue weighted by molar-refractivity contribution is -0.139. The molecule has 136 valence electrons. The lowest BCUT2D eigenvalue weighted by atomic mass is 10.1. The Morgan fingerprint density at radius 1 is 1.28 bits per heavy atom. The largest absolute Gasteiger partial charge is 0.480 e. The molecule has 25 heavy (non-hydrogen) atoms. The number of carboxylic acid groups (broad SMARTS) is 1. The van der Waals surface area contributed by atoms with E-state index in [4.69, 9.17) is 9.84 Å². The molecule has 2 aliphatic heterocycles. The second-order valence-electron chi connectivity index (χ2n) is 6.64. The number of nitrogens with zero attached hydrogens (tertiary/aromatic N) is 1. The molecule has 2 aliphatic rings. The molecular formula is C18H25N3O4. The fourth-order valence-corrected chi connectivity index (χ4v) is 3.37. The van der Waals surface area contributed by atoms with E-state index in [0.717, 1.165) is 24.3 Å². The highest BCUT2D eigenvalue weighted by atomic mass is 16.5. The smallest absolute Gasteiger partial charge is 0.320 e. The zero-order valence-electron chi connectivity index (χ0n) is 14.5. The van der Waals surface area contributed by atoms with Crippen molar-refractivity contribution in [2.75, 3.05) is 31.2 Å². The second kappa shape index (κ2) is 7.84. The molecule has 0 saturated carbocycles. The van der Waals surface area contributed by atoms with Gasteiger partial charge in [0.2, 0.25) is 5.91 Å². The zero-order valence-corrected chi connectivity index (χ0v) is 14.5. The first-order valence-corrected chi connectivity index (χ1v) is 8.73. The predicted molar refractivity (Wildman–Crippen MR) is 93.6 cm³/mol. The van der Waals surface area contributed by atoms with Crippen molar-refractivity contribution in [2.24, 2.45) is 0 Å². The molecule has 0 aromatic heterocycles. The van der Waals surface area contributed by atoms with Crippen molar-refractivity contribution in [3.8, 4) is 0 Å². The maximum atomic E-state index is 12.3. The number of morpholine rings is 1. The summed E-state index contributed by atoms with van der Waals surface area (Å²) in [6.45, 7) is 5.59. The van der Waals surface area contributed by atoms with Gasteiger partial charge in [0.15, 0.2) is 0 Å². The summed E-state index contributed by atoms with van der Waals surface area (Å²) in [5, 5.41) is 14.8. The first-order valence-electron chi connectivity index (χ1n) is 8.73. The molecule has 0 spiro atoms. The standard InChI is InChI=1S/C18H25N3O4/c1-12-2-3-13(16(10-12)21-6-8-25-9-7-21)11-19-17(22)14-4-5-15(20-14)18(23)24/h2-3,10,14-15,20H,4-9,11H2,1H3,(H,19,22)(H,23,24)/t14-,15+/m1/s1. The highest BCUT2D eigenvalue weighted by Crippen LogP contribution is 2.23. The molecule has 0 radical (unpaired) electrons. The molecule has 2 fully saturated rings. The van der Waals surface area contributed by atoms with E-state index < -0.39 is 18.1 Å². The molecule has 0 unspecified atom stereocenters. The van der Waals surface area contributed by atoms with E-state index in [1.54, 1.807) is 0 Å². The third-order valence-electron chi connectivity index (χ3n) is 4.81. The number of amides is 1. The summed E-state index contributed by atoms with van der Waals surface area (Å²) < 4.78 is 5.42. The number of hydrogen-bond donors (Lipinski definition) is 3. The van der Waals surface area contributed by atoms with Crippen molar-refractivity contribution in [3.05, 3.63) is 29.3 Å². The molecule has 3 rings (SSSR count). The van der Waals surface area contributed by atoms with Crippen LogP contribution in [0.25, 0.3) is 0 Å². The Morgan fingerprint density at radius 3 is 2.68 bits per heavy atom. The van der Waals surface area contributed by atoms with Crippen LogP contribution < -0.4 is 15.5 Å². The van der Waals surface area contributed by atoms with Crippen LogP contribution in [0.15, 0.2) is 18.2 Å². The highest BCUT2D eigenvalue weighted by Gasteiger charge is 2.32. The third kappa shape index (κ3) is 4.29. The number of nitrogens with one attached hydrogen (secondary N) is 2. The number of carbonyl (C=O) groups excluding carboxylic acids is 1. The number of aryl methyl sites for hydroxylation is 1. The summed E-state index contributed by atoms with van der Waals surface area (Å²) in [5.74, 6) is -1.04. The summed E-state index contributed by atoms with van der Waals surface area (Å²) >= 11 is 0. The van der Waals surface area contributed by atoms with Gasteiger partial charge in [-0.2, -0.15) is 0 Å². The SMILES string of the molecule is Cc1ccc(CNC(=O)[C@H]2CC[C@@H](C(=O)O)N2)c(N2CCOCC2)c1. The monoisotopic (exact) mass is 347 g/mol. The van der Waals surface area contributed by atoms with Crippen LogP contribution >= 0.6 is 0 Å². The highest BCUT2D eigenvalue weighted by molar-refractivity contribution is 5.84. The lowest BCUT2D eigenvalue weighted by Gasteiger charge is -2.31. The van der Waals surface area contributed by atoms with E-state index in [1.807, 2.05) is 12.1 Å². The number of benzene rings is 1. The molecule has 3 N–H and O–H groups in total. The van der Waals surface area contributed by atoms with Gasteiger partial charge in [-0.05, 0) is 37.0 Å². The summed E-state index contributed by atoms with van der Waals surface area (Å²) in [6.07, 6.45) is 1.03. The molecule has 2 saturated heterocycles. The number of anilines is 1. The molecule has 1 amide bonds. The first kappa shape index (κ1) is 17.7. The van der Waals surface area contributed by atoms with E-state index >= 15 is 0 Å². The van der Waals surface area contributed by atoms with Crippen LogP contribution in [0.3, 0.4) is 0 Å². The van der Waals surface area contributed by atoms with Crippen molar-refractivity contribution in [2.45, 2.75) is 38.4 Å². The van der Waals surface area contributed by atoms with Gasteiger partial charge in [-0.15, -0.1) is 0 Å². The topological polar surface area (TPSA) is 90.9 Å². The van der Waals surface area contributed by atoms with Crippen molar-refractivity contribution >= 4 is 17.6 Å². The quantitative estimate of drug-likeness (QED) is 0.725. The van der Waals surface area contributed by atoms with Crippen molar-refractivity contribution < 1.29 is 19.4 Å². The van der Waals surface area contributed by atoms with Gasteiger partial charge >= 0.3 is 5.97 Å². The molecular weight excluding hydrogens is 322 g/mol. The van der Waals surface area contributed by atoms with Crippen molar-refractivity contribution in [3.63, 3.8) is 0 Å². The zero-order chi connectivity index (χ0) is 17.8. The van der Waals surface area contributed by atoms with Gasteiger partial charge in [0.1, 0.15) is 6.04 Å². The molecule has 0 aliphatic carbocycles. The van der Waals surface area contributed by atoms with E-state index in [1.165, 1.54) is 5.56 Å². The Morgan fingerprint density at radius 2 is 2.00 bits per heavy atom. The first-order chi connectivity index (χ1) is 12.0. The maximum absolute atomic E-state index is 12.3. The number of aliphatic carboxylic acids is 1. The Hall–Kier alpha value is -2.12. The van der Waals surface area contributed by atoms with E-state index in [2.05, 4.69) is 28.5 Å². The van der Waals surface area contributed by atoms with Crippen LogP contribution in [0, 0.1) is 6.92 Å². The third-order valence-corrected chi connectivity index (χ3v) is 4.81. The molecule has 7 heteroatoms. The molecule has 0 bridgehead atoms. The average molecular weight is 347 g/mol. The van der Waals surface area contributed by atoms with Gasteiger partial charge in [0.05, 0.1) is 19.3 Å². The summed E-state index contributed by atoms with van der Waals surface area (Å²) in [4.78, 5) is 25.6. The van der Waals surface area contributed by atoms with Gasteiger partial charge in [-0.25, -0.2) is 0 Å². The Balaban J connectivity index is 1.63. The normalized spacial score (nSPS) is 23.5. The van der Waals surface area contributed by atoms with Crippen LogP contribution in [0.1, 0.15) is 24.0 Å². The number of carboxylic acids is 1. The molecule has 1 aromatic rings. The van der Waals surface area contributed by atoms with E-state index in [0.29, 0.717) is 32.6 Å². The van der Waals surface area contributed by atoms with Gasteiger partial charge < -0.3 is 20.1 Å². The fourth-order valence-electron chi connectivity index (χ4n) is 3.37. The Labute approximate surface area is 147 Å². The maximum Gasteiger partial charge on any atom is 0.320 e. The van der Waals surface area contributed by atoms with Crippen LogP contribution in [-0.2, 0) is 20.9 Å². The van der Waals surface area contributed by atoms with Crippen LogP contribution in [0.5, 0.6) is 0 Å².